The van der Waals surface area contributed by atoms with E-state index in [0.29, 0.717) is 21.5 Å². The predicted molar refractivity (Wildman–Crippen MR) is 129 cm³/mol. The van der Waals surface area contributed by atoms with Crippen molar-refractivity contribution in [3.63, 3.8) is 0 Å². The van der Waals surface area contributed by atoms with Gasteiger partial charge in [-0.2, -0.15) is 8.78 Å². The third kappa shape index (κ3) is 3.97. The van der Waals surface area contributed by atoms with Gasteiger partial charge in [0, 0.05) is 26.9 Å². The molecule has 0 spiro atoms. The highest BCUT2D eigenvalue weighted by atomic mass is 35.5. The fraction of sp³-hybridized carbons (Fsp3) is 0.0741. The molecule has 0 fully saturated rings. The van der Waals surface area contributed by atoms with Crippen LogP contribution >= 0.6 is 11.6 Å². The van der Waals surface area contributed by atoms with Crippen molar-refractivity contribution in [1.82, 2.24) is 4.57 Å². The predicted octanol–water partition coefficient (Wildman–Crippen LogP) is 6.66. The summed E-state index contributed by atoms with van der Waals surface area (Å²) in [5.74, 6) is -0.461. The van der Waals surface area contributed by atoms with E-state index < -0.39 is 12.5 Å². The third-order valence-corrected chi connectivity index (χ3v) is 6.01. The van der Waals surface area contributed by atoms with Crippen LogP contribution in [0.4, 0.5) is 8.78 Å². The molecule has 4 aromatic carbocycles. The lowest BCUT2D eigenvalue weighted by Crippen LogP contribution is -2.11. The normalized spacial score (nSPS) is 11.4. The molecule has 0 saturated heterocycles. The standard InChI is InChI=1S/C27H18ClF2N2O2/c28-19-11-8-16(9-12-19)17-10-13-20-23(14-17)32(22-6-3-5-21(25(20)22)26(31)33)15-18-4-1-2-7-24(18)34-27(29)30/h1-12,14,27H,15H2,(H2,31,33). The topological polar surface area (TPSA) is 57.2 Å². The Hall–Kier alpha value is -3.90. The Morgan fingerprint density at radius 2 is 1.76 bits per heavy atom. The molecule has 5 aromatic rings. The highest BCUT2D eigenvalue weighted by Crippen LogP contribution is 2.36. The highest BCUT2D eigenvalue weighted by molar-refractivity contribution is 6.30. The molecule has 1 aromatic heterocycles. The molecule has 5 rings (SSSR count). The first-order chi connectivity index (χ1) is 16.4. The molecular formula is C27H18ClF2N2O2. The molecule has 2 N–H and O–H groups in total. The van der Waals surface area contributed by atoms with E-state index in [0.717, 1.165) is 27.5 Å². The number of hydrogen-bond donors (Lipinski definition) is 1. The number of carbonyl (C=O) groups is 1. The number of hydrogen-bond acceptors (Lipinski definition) is 2. The van der Waals surface area contributed by atoms with Gasteiger partial charge < -0.3 is 15.0 Å². The first-order valence-electron chi connectivity index (χ1n) is 10.5. The van der Waals surface area contributed by atoms with Gasteiger partial charge in [0.2, 0.25) is 5.91 Å². The number of rotatable bonds is 6. The van der Waals surface area contributed by atoms with Gasteiger partial charge in [0.15, 0.2) is 0 Å². The van der Waals surface area contributed by atoms with Crippen molar-refractivity contribution in [3.8, 4) is 16.9 Å². The van der Waals surface area contributed by atoms with Gasteiger partial charge in [-0.1, -0.05) is 48.0 Å². The first-order valence-corrected chi connectivity index (χ1v) is 10.9. The van der Waals surface area contributed by atoms with Crippen LogP contribution in [0.3, 0.4) is 0 Å². The fourth-order valence-electron chi connectivity index (χ4n) is 4.26. The molecule has 0 saturated carbocycles. The summed E-state index contributed by atoms with van der Waals surface area (Å²) in [5, 5.41) is 2.01. The molecule has 0 atom stereocenters. The van der Waals surface area contributed by atoms with Gasteiger partial charge in [-0.25, -0.2) is 0 Å². The number of primary amides is 1. The Balaban J connectivity index is 1.76. The number of alkyl halides is 2. The number of nitrogens with zero attached hydrogens (tertiary/aromatic N) is 1. The van der Waals surface area contributed by atoms with Crippen molar-refractivity contribution in [2.45, 2.75) is 13.2 Å². The zero-order chi connectivity index (χ0) is 23.8. The molecule has 0 aliphatic heterocycles. The molecule has 1 heterocycles. The molecule has 34 heavy (non-hydrogen) atoms. The number of aromatic nitrogens is 1. The van der Waals surface area contributed by atoms with Crippen molar-refractivity contribution in [3.05, 3.63) is 101 Å². The average Bonchev–Trinajstić information content (AvgIpc) is 3.13. The monoisotopic (exact) mass is 475 g/mol. The molecule has 0 unspecified atom stereocenters. The summed E-state index contributed by atoms with van der Waals surface area (Å²) in [6.45, 7) is -2.70. The summed E-state index contributed by atoms with van der Waals surface area (Å²) in [6, 6.07) is 26.5. The van der Waals surface area contributed by atoms with Gasteiger partial charge in [-0.05, 0) is 59.7 Å². The number of para-hydroxylation sites is 1. The van der Waals surface area contributed by atoms with Gasteiger partial charge in [-0.15, -0.1) is 0 Å². The second-order valence-electron chi connectivity index (χ2n) is 7.79. The summed E-state index contributed by atoms with van der Waals surface area (Å²) in [7, 11) is 0. The zero-order valence-corrected chi connectivity index (χ0v) is 18.5. The van der Waals surface area contributed by atoms with Crippen molar-refractivity contribution >= 4 is 39.3 Å². The van der Waals surface area contributed by atoms with Crippen LogP contribution in [0.15, 0.2) is 78.9 Å². The number of fused-ring (bicyclic) bond motifs is 3. The van der Waals surface area contributed by atoms with Crippen LogP contribution in [-0.2, 0) is 6.54 Å². The maximum absolute atomic E-state index is 13.0. The van der Waals surface area contributed by atoms with Gasteiger partial charge in [0.25, 0.3) is 0 Å². The summed E-state index contributed by atoms with van der Waals surface area (Å²) in [4.78, 5) is 12.2. The molecule has 0 bridgehead atoms. The minimum Gasteiger partial charge on any atom is -0.434 e. The van der Waals surface area contributed by atoms with Crippen molar-refractivity contribution in [1.29, 1.82) is 0 Å². The maximum atomic E-state index is 13.0. The fourth-order valence-corrected chi connectivity index (χ4v) is 4.38. The minimum atomic E-state index is -2.94. The number of halogens is 3. The van der Waals surface area contributed by atoms with E-state index in [4.69, 9.17) is 22.1 Å². The third-order valence-electron chi connectivity index (χ3n) is 5.75. The van der Waals surface area contributed by atoms with Crippen LogP contribution in [-0.4, -0.2) is 17.1 Å². The molecule has 0 aliphatic rings. The van der Waals surface area contributed by atoms with Crippen molar-refractivity contribution in [2.75, 3.05) is 0 Å². The number of ether oxygens (including phenoxy) is 1. The maximum Gasteiger partial charge on any atom is 0.387 e. The summed E-state index contributed by atoms with van der Waals surface area (Å²) >= 11 is 6.04. The molecule has 7 heteroatoms. The lowest BCUT2D eigenvalue weighted by atomic mass is 10.0. The van der Waals surface area contributed by atoms with E-state index in [-0.39, 0.29) is 12.3 Å². The van der Waals surface area contributed by atoms with Gasteiger partial charge in [-0.3, -0.25) is 4.79 Å². The second kappa shape index (κ2) is 8.80. The number of nitrogens with two attached hydrogens (primary N) is 1. The first kappa shape index (κ1) is 21.9. The smallest absolute Gasteiger partial charge is 0.387 e. The quantitative estimate of drug-likeness (QED) is 0.298. The SMILES string of the molecule is NC(=O)c1cccc2c1c1[c]cc(-c3ccc(Cl)cc3)cc1n2Cc1ccccc1OC(F)F. The van der Waals surface area contributed by atoms with E-state index in [2.05, 4.69) is 6.07 Å². The highest BCUT2D eigenvalue weighted by Gasteiger charge is 2.19. The Bertz CT molecular complexity index is 1530. The largest absolute Gasteiger partial charge is 0.434 e. The van der Waals surface area contributed by atoms with Crippen LogP contribution in [0, 0.1) is 6.07 Å². The molecule has 0 aliphatic carbocycles. The molecule has 169 valence electrons. The van der Waals surface area contributed by atoms with E-state index >= 15 is 0 Å². The van der Waals surface area contributed by atoms with Gasteiger partial charge in [0.05, 0.1) is 17.6 Å². The van der Waals surface area contributed by atoms with Crippen LogP contribution in [0.5, 0.6) is 5.75 Å². The van der Waals surface area contributed by atoms with Crippen molar-refractivity contribution < 1.29 is 18.3 Å². The Labute approximate surface area is 199 Å². The van der Waals surface area contributed by atoms with E-state index in [1.807, 2.05) is 34.9 Å². The number of amides is 1. The zero-order valence-electron chi connectivity index (χ0n) is 17.8. The van der Waals surface area contributed by atoms with E-state index in [1.54, 1.807) is 42.5 Å². The number of benzene rings is 4. The average molecular weight is 476 g/mol. The molecule has 4 nitrogen and oxygen atoms in total. The second-order valence-corrected chi connectivity index (χ2v) is 8.23. The van der Waals surface area contributed by atoms with Crippen LogP contribution < -0.4 is 10.5 Å². The van der Waals surface area contributed by atoms with Gasteiger partial charge in [0.1, 0.15) is 5.75 Å². The molecular weight excluding hydrogens is 458 g/mol. The van der Waals surface area contributed by atoms with Crippen LogP contribution in [0.25, 0.3) is 32.9 Å². The molecule has 1 amide bonds. The van der Waals surface area contributed by atoms with Gasteiger partial charge >= 0.3 is 6.61 Å². The minimum absolute atomic E-state index is 0.0939. The van der Waals surface area contributed by atoms with Crippen LogP contribution in [0.2, 0.25) is 5.02 Å². The Morgan fingerprint density at radius 3 is 2.50 bits per heavy atom. The lowest BCUT2D eigenvalue weighted by Gasteiger charge is -2.13. The summed E-state index contributed by atoms with van der Waals surface area (Å²) in [5.41, 5.74) is 9.96. The summed E-state index contributed by atoms with van der Waals surface area (Å²) < 4.78 is 32.7. The van der Waals surface area contributed by atoms with Crippen LogP contribution in [0.1, 0.15) is 15.9 Å². The lowest BCUT2D eigenvalue weighted by molar-refractivity contribution is -0.0504. The summed E-state index contributed by atoms with van der Waals surface area (Å²) in [6.07, 6.45) is 0. The van der Waals surface area contributed by atoms with Crippen molar-refractivity contribution in [2.24, 2.45) is 5.73 Å². The molecule has 1 radical (unpaired) electrons. The van der Waals surface area contributed by atoms with E-state index in [1.165, 1.54) is 6.07 Å². The number of carbonyl (C=O) groups excluding carboxylic acids is 1. The Kier molecular flexibility index (Phi) is 5.67. The van der Waals surface area contributed by atoms with E-state index in [9.17, 15) is 13.6 Å². The Morgan fingerprint density at radius 1 is 1.00 bits per heavy atom.